The Labute approximate surface area is 572 Å². The lowest BCUT2D eigenvalue weighted by molar-refractivity contribution is -0.0106. The fraction of sp³-hybridized carbons (Fsp3) is 1.00. The molecule has 2 heteroatoms. The molecular weight excluding hydrogens is 1090 g/mol. The maximum atomic E-state index is 5.58. The maximum absolute atomic E-state index is 5.58. The van der Waals surface area contributed by atoms with Gasteiger partial charge in [0.15, 0.2) is 0 Å². The normalized spacial score (nSPS) is 23.5. The molecule has 8 saturated carbocycles. The predicted molar refractivity (Wildman–Crippen MR) is 408 cm³/mol. The average Bonchev–Trinajstić information content (AvgIpc) is 1.78. The van der Waals surface area contributed by atoms with Crippen LogP contribution >= 0.6 is 0 Å². The summed E-state index contributed by atoms with van der Waals surface area (Å²) in [6.07, 6.45) is 65.1. The van der Waals surface area contributed by atoms with Gasteiger partial charge in [-0.05, 0) is 212 Å². The van der Waals surface area contributed by atoms with Crippen LogP contribution in [0.25, 0.3) is 0 Å². The molecule has 0 atom stereocenters. The van der Waals surface area contributed by atoms with E-state index in [1.165, 1.54) is 289 Å². The van der Waals surface area contributed by atoms with Crippen molar-refractivity contribution in [2.75, 3.05) is 26.9 Å². The van der Waals surface area contributed by atoms with E-state index in [-0.39, 0.29) is 0 Å². The number of ether oxygens (including phenoxy) is 2. The van der Waals surface area contributed by atoms with Gasteiger partial charge in [-0.3, -0.25) is 0 Å². The highest BCUT2D eigenvalue weighted by molar-refractivity contribution is 4.95. The molecule has 8 aliphatic rings. The molecule has 8 rings (SSSR count). The van der Waals surface area contributed by atoms with Crippen molar-refractivity contribution in [1.82, 2.24) is 0 Å². The number of hydrogen-bond acceptors (Lipinski definition) is 2. The van der Waals surface area contributed by atoms with Gasteiger partial charge >= 0.3 is 0 Å². The van der Waals surface area contributed by atoms with Crippen molar-refractivity contribution < 1.29 is 9.47 Å². The SMILES string of the molecule is CC(C)CC1(C)CCCC1.CC(C)CC1(C)CCCCC1.CCC(C)(C)C1(C)CCCC1.CCC(C)(C)C1(C)CCCCC1.CCCCC1(C)CCCC1.CCCCC1(C)CCCCC1.CCOCC(C)(C)C1(C)CCCC1.COCC(C)(C)C1(C)CCCC1. The van der Waals surface area contributed by atoms with Gasteiger partial charge in [-0.1, -0.05) is 327 Å². The van der Waals surface area contributed by atoms with E-state index >= 15 is 0 Å². The fourth-order valence-electron chi connectivity index (χ4n) is 18.8. The van der Waals surface area contributed by atoms with Crippen LogP contribution in [-0.4, -0.2) is 26.9 Å². The zero-order chi connectivity index (χ0) is 68.5. The first-order chi connectivity index (χ1) is 41.9. The van der Waals surface area contributed by atoms with Crippen LogP contribution in [0.2, 0.25) is 0 Å². The van der Waals surface area contributed by atoms with Gasteiger partial charge in [0.1, 0.15) is 0 Å². The zero-order valence-corrected chi connectivity index (χ0v) is 67.9. The molecule has 2 nitrogen and oxygen atoms in total. The summed E-state index contributed by atoms with van der Waals surface area (Å²) >= 11 is 0. The highest BCUT2D eigenvalue weighted by Gasteiger charge is 2.45. The lowest BCUT2D eigenvalue weighted by Gasteiger charge is -2.46. The van der Waals surface area contributed by atoms with Crippen LogP contribution in [0.4, 0.5) is 0 Å². The predicted octanol–water partition coefficient (Wildman–Crippen LogP) is 30.8. The molecule has 0 unspecified atom stereocenters. The zero-order valence-electron chi connectivity index (χ0n) is 67.9. The molecule has 8 fully saturated rings. The van der Waals surface area contributed by atoms with Crippen LogP contribution in [0.3, 0.4) is 0 Å². The van der Waals surface area contributed by atoms with Crippen molar-refractivity contribution in [3.8, 4) is 0 Å². The molecule has 540 valence electrons. The molecule has 0 saturated heterocycles. The van der Waals surface area contributed by atoms with Crippen molar-refractivity contribution in [2.24, 2.45) is 76.8 Å². The number of hydrogen-bond donors (Lipinski definition) is 0. The van der Waals surface area contributed by atoms with E-state index in [0.717, 1.165) is 42.5 Å². The van der Waals surface area contributed by atoms with Crippen LogP contribution < -0.4 is 0 Å². The second-order valence-corrected chi connectivity index (χ2v) is 38.9. The highest BCUT2D eigenvalue weighted by atomic mass is 16.5. The Kier molecular flexibility index (Phi) is 41.0. The largest absolute Gasteiger partial charge is 0.384 e. The third-order valence-electron chi connectivity index (χ3n) is 28.4. The Morgan fingerprint density at radius 3 is 0.756 bits per heavy atom. The number of unbranched alkanes of at least 4 members (excludes halogenated alkanes) is 2. The first kappa shape index (κ1) is 87.9. The molecule has 90 heavy (non-hydrogen) atoms. The minimum absolute atomic E-state index is 0.345. The van der Waals surface area contributed by atoms with Crippen molar-refractivity contribution in [1.29, 1.82) is 0 Å². The van der Waals surface area contributed by atoms with E-state index in [2.05, 4.69) is 173 Å². The molecule has 0 N–H and O–H groups in total. The second-order valence-electron chi connectivity index (χ2n) is 38.9. The van der Waals surface area contributed by atoms with Crippen molar-refractivity contribution in [3.63, 3.8) is 0 Å². The van der Waals surface area contributed by atoms with Gasteiger partial charge in [0.2, 0.25) is 0 Å². The third-order valence-corrected chi connectivity index (χ3v) is 28.4. The van der Waals surface area contributed by atoms with Crippen LogP contribution in [0.15, 0.2) is 0 Å². The van der Waals surface area contributed by atoms with E-state index in [1.54, 1.807) is 7.11 Å². The third kappa shape index (κ3) is 31.2. The number of rotatable bonds is 21. The van der Waals surface area contributed by atoms with E-state index in [4.69, 9.17) is 9.47 Å². The number of methoxy groups -OCH3 is 1. The second kappa shape index (κ2) is 42.0. The molecule has 0 amide bonds. The van der Waals surface area contributed by atoms with Gasteiger partial charge in [0, 0.05) is 13.7 Å². The summed E-state index contributed by atoms with van der Waals surface area (Å²) in [5.41, 5.74) is 6.99. The summed E-state index contributed by atoms with van der Waals surface area (Å²) in [5.74, 6) is 1.78. The van der Waals surface area contributed by atoms with Crippen LogP contribution in [0.5, 0.6) is 0 Å². The molecule has 0 bridgehead atoms. The maximum Gasteiger partial charge on any atom is 0.0522 e. The van der Waals surface area contributed by atoms with Crippen LogP contribution in [0.1, 0.15) is 462 Å². The molecule has 0 aromatic carbocycles. The first-order valence-corrected chi connectivity index (χ1v) is 40.9. The van der Waals surface area contributed by atoms with E-state index < -0.39 is 0 Å². The Bertz CT molecular complexity index is 1720. The summed E-state index contributed by atoms with van der Waals surface area (Å²) in [6.45, 7) is 62.2. The van der Waals surface area contributed by atoms with Crippen molar-refractivity contribution in [3.05, 3.63) is 0 Å². The van der Waals surface area contributed by atoms with E-state index in [1.807, 2.05) is 0 Å². The van der Waals surface area contributed by atoms with E-state index in [9.17, 15) is 0 Å². The van der Waals surface area contributed by atoms with Crippen molar-refractivity contribution >= 4 is 0 Å². The minimum Gasteiger partial charge on any atom is -0.384 e. The topological polar surface area (TPSA) is 18.5 Å². The molecule has 0 aliphatic heterocycles. The highest BCUT2D eigenvalue weighted by Crippen LogP contribution is 2.55. The summed E-state index contributed by atoms with van der Waals surface area (Å²) in [7, 11) is 1.81. The van der Waals surface area contributed by atoms with Gasteiger partial charge in [-0.25, -0.2) is 0 Å². The fourth-order valence-corrected chi connectivity index (χ4v) is 18.8. The van der Waals surface area contributed by atoms with E-state index in [0.29, 0.717) is 54.1 Å². The molecular formula is C88H176O2. The molecule has 0 heterocycles. The lowest BCUT2D eigenvalue weighted by Crippen LogP contribution is -2.36. The smallest absolute Gasteiger partial charge is 0.0522 e. The van der Waals surface area contributed by atoms with Crippen LogP contribution in [-0.2, 0) is 9.47 Å². The summed E-state index contributed by atoms with van der Waals surface area (Å²) in [6, 6.07) is 0. The molecule has 0 aromatic rings. The molecule has 8 aliphatic carbocycles. The van der Waals surface area contributed by atoms with Gasteiger partial charge in [-0.2, -0.15) is 0 Å². The molecule has 0 spiro atoms. The quantitative estimate of drug-likeness (QED) is 0.114. The standard InChI is InChI=1S/C12H24O.C12H24.C11H22O.3C11H22.2C10H20/c1-5-13-10-11(2,3)12(4)8-6-7-9-12;1-5-11(2,3)12(4)9-7-6-8-10-12;1-10(2,9-12-4)11(3)7-5-6-8-11;1-10(2)9-11(3)7-5-4-6-8-11;1-5-10(2,3)11(4)8-6-7-9-11;1-3-4-8-11(2)9-6-5-7-10-11;1-9(2)8-10(3)6-4-5-7-10;1-3-4-7-10(2)8-5-6-9-10/h5-10H2,1-4H3;5-10H2,1-4H3;5-9H2,1-4H3;10H,4-9H2,1-3H3;5-9H2,1-4H3;3-10H2,1-2H3;9H,4-8H2,1-3H3;3-9H2,1-2H3. The Morgan fingerprint density at radius 1 is 0.300 bits per heavy atom. The van der Waals surface area contributed by atoms with Gasteiger partial charge in [0.05, 0.1) is 13.2 Å². The summed E-state index contributed by atoms with van der Waals surface area (Å²) in [5, 5.41) is 0. The summed E-state index contributed by atoms with van der Waals surface area (Å²) < 4.78 is 10.9. The Hall–Kier alpha value is -0.0800. The monoisotopic (exact) mass is 1270 g/mol. The lowest BCUT2D eigenvalue weighted by atomic mass is 9.59. The Morgan fingerprint density at radius 2 is 0.522 bits per heavy atom. The first-order valence-electron chi connectivity index (χ1n) is 40.9. The molecule has 0 aromatic heterocycles. The minimum atomic E-state index is 0.345. The average molecular weight is 1270 g/mol. The van der Waals surface area contributed by atoms with Gasteiger partial charge < -0.3 is 9.47 Å². The van der Waals surface area contributed by atoms with Gasteiger partial charge in [-0.15, -0.1) is 0 Å². The Balaban J connectivity index is 0.000000515. The van der Waals surface area contributed by atoms with Gasteiger partial charge in [0.25, 0.3) is 0 Å². The summed E-state index contributed by atoms with van der Waals surface area (Å²) in [4.78, 5) is 0. The van der Waals surface area contributed by atoms with Crippen LogP contribution in [0, 0.1) is 76.8 Å². The molecule has 0 radical (unpaired) electrons. The van der Waals surface area contributed by atoms with Crippen molar-refractivity contribution in [2.45, 2.75) is 462 Å².